The minimum absolute atomic E-state index is 0.0199. The average molecular weight is 631 g/mol. The van der Waals surface area contributed by atoms with Gasteiger partial charge in [0.05, 0.1) is 24.1 Å². The molecule has 0 unspecified atom stereocenters. The van der Waals surface area contributed by atoms with Gasteiger partial charge in [-0.25, -0.2) is 0 Å². The Bertz CT molecular complexity index is 1170. The second-order valence-electron chi connectivity index (χ2n) is 12.4. The van der Waals surface area contributed by atoms with E-state index in [2.05, 4.69) is 31.5 Å². The summed E-state index contributed by atoms with van der Waals surface area (Å²) in [6.07, 6.45) is 3.69. The Morgan fingerprint density at radius 3 is 2.29 bits per heavy atom. The fraction of sp³-hybridized carbons (Fsp3) is 0.656. The van der Waals surface area contributed by atoms with Crippen molar-refractivity contribution in [1.82, 2.24) is 31.5 Å². The van der Waals surface area contributed by atoms with Crippen LogP contribution in [-0.2, 0) is 19.2 Å². The fourth-order valence-corrected chi connectivity index (χ4v) is 5.41. The number of benzene rings is 1. The standard InChI is InChI=1S/C32H50N6O7/c1-20(2)27-31(43)34-21(3)19-45-25-13-8-7-12-23(25)29(41)35-24(18-26(40)36-28(22(4)39)32(44)37-27)30(42)33-14-11-17-38-15-9-5-6-10-16-38/h7-8,12-13,20-22,24,27-28,39H,5-6,9-11,14-19H2,1-4H3,(H,33,42)(H,34,43)(H,35,41)(H,36,40)(H,37,44)/t21-,22+,24-,27+,28-/m0/s1. The van der Waals surface area contributed by atoms with Crippen molar-refractivity contribution in [3.63, 3.8) is 0 Å². The molecule has 1 aromatic rings. The maximum Gasteiger partial charge on any atom is 0.255 e. The van der Waals surface area contributed by atoms with Crippen LogP contribution in [0.2, 0.25) is 0 Å². The number of hydrogen-bond acceptors (Lipinski definition) is 8. The Labute approximate surface area is 265 Å². The molecule has 1 aromatic carbocycles. The molecule has 6 N–H and O–H groups in total. The van der Waals surface area contributed by atoms with Gasteiger partial charge in [0.15, 0.2) is 0 Å². The van der Waals surface area contributed by atoms with Crippen molar-refractivity contribution in [2.24, 2.45) is 5.92 Å². The lowest BCUT2D eigenvalue weighted by Gasteiger charge is -2.27. The van der Waals surface area contributed by atoms with E-state index in [4.69, 9.17) is 4.74 Å². The molecule has 3 rings (SSSR count). The third-order valence-electron chi connectivity index (χ3n) is 8.00. The summed E-state index contributed by atoms with van der Waals surface area (Å²) in [6.45, 7) is 9.86. The number of ether oxygens (including phenoxy) is 1. The topological polar surface area (TPSA) is 178 Å². The van der Waals surface area contributed by atoms with Crippen LogP contribution in [0.25, 0.3) is 0 Å². The normalized spacial score (nSPS) is 25.3. The van der Waals surface area contributed by atoms with Crippen LogP contribution in [0.3, 0.4) is 0 Å². The summed E-state index contributed by atoms with van der Waals surface area (Å²) in [4.78, 5) is 68.6. The molecule has 5 amide bonds. The maximum absolute atomic E-state index is 13.4. The van der Waals surface area contributed by atoms with Crippen LogP contribution in [0.4, 0.5) is 0 Å². The number of carbonyl (C=O) groups excluding carboxylic acids is 5. The quantitative estimate of drug-likeness (QED) is 0.235. The van der Waals surface area contributed by atoms with Gasteiger partial charge in [0, 0.05) is 6.54 Å². The molecule has 1 fully saturated rings. The van der Waals surface area contributed by atoms with E-state index in [0.717, 1.165) is 32.5 Å². The van der Waals surface area contributed by atoms with E-state index in [0.29, 0.717) is 13.0 Å². The number of nitrogens with one attached hydrogen (secondary N) is 5. The maximum atomic E-state index is 13.4. The third-order valence-corrected chi connectivity index (χ3v) is 8.00. The molecule has 2 aliphatic heterocycles. The van der Waals surface area contributed by atoms with E-state index in [9.17, 15) is 29.1 Å². The van der Waals surface area contributed by atoms with E-state index >= 15 is 0 Å². The van der Waals surface area contributed by atoms with Gasteiger partial charge in [-0.15, -0.1) is 0 Å². The summed E-state index contributed by atoms with van der Waals surface area (Å²) in [5, 5.41) is 23.8. The first-order chi connectivity index (χ1) is 21.5. The molecule has 0 aromatic heterocycles. The van der Waals surface area contributed by atoms with Crippen LogP contribution in [0, 0.1) is 5.92 Å². The van der Waals surface area contributed by atoms with Crippen LogP contribution < -0.4 is 31.3 Å². The molecule has 250 valence electrons. The van der Waals surface area contributed by atoms with E-state index in [1.54, 1.807) is 45.0 Å². The lowest BCUT2D eigenvalue weighted by molar-refractivity contribution is -0.135. The smallest absolute Gasteiger partial charge is 0.255 e. The number of fused-ring (bicyclic) bond motifs is 1. The third kappa shape index (κ3) is 11.3. The molecule has 2 aliphatic rings. The summed E-state index contributed by atoms with van der Waals surface area (Å²) >= 11 is 0. The molecule has 0 spiro atoms. The summed E-state index contributed by atoms with van der Waals surface area (Å²) in [6, 6.07) is 2.35. The molecule has 13 heteroatoms. The number of carbonyl (C=O) groups is 5. The predicted octanol–water partition coefficient (Wildman–Crippen LogP) is 0.461. The molecule has 1 saturated heterocycles. The van der Waals surface area contributed by atoms with Crippen molar-refractivity contribution in [2.45, 2.75) is 96.5 Å². The zero-order valence-electron chi connectivity index (χ0n) is 26.9. The van der Waals surface area contributed by atoms with Gasteiger partial charge in [0.25, 0.3) is 5.91 Å². The highest BCUT2D eigenvalue weighted by Crippen LogP contribution is 2.19. The lowest BCUT2D eigenvalue weighted by Crippen LogP contribution is -2.59. The molecule has 5 atom stereocenters. The van der Waals surface area contributed by atoms with Crippen molar-refractivity contribution < 1.29 is 33.8 Å². The summed E-state index contributed by atoms with van der Waals surface area (Å²) in [5.41, 5.74) is 0.151. The number of aliphatic hydroxyl groups excluding tert-OH is 1. The largest absolute Gasteiger partial charge is 0.491 e. The highest BCUT2D eigenvalue weighted by molar-refractivity contribution is 6.01. The van der Waals surface area contributed by atoms with Gasteiger partial charge in [-0.05, 0) is 70.8 Å². The zero-order valence-corrected chi connectivity index (χ0v) is 26.9. The number of para-hydroxylation sites is 1. The van der Waals surface area contributed by atoms with Crippen LogP contribution in [0.5, 0.6) is 5.75 Å². The zero-order chi connectivity index (χ0) is 32.9. The fourth-order valence-electron chi connectivity index (χ4n) is 5.41. The van der Waals surface area contributed by atoms with Gasteiger partial charge < -0.3 is 41.3 Å². The highest BCUT2D eigenvalue weighted by atomic mass is 16.5. The average Bonchev–Trinajstić information content (AvgIpc) is 3.27. The molecule has 2 heterocycles. The van der Waals surface area contributed by atoms with E-state index < -0.39 is 66.2 Å². The number of likely N-dealkylation sites (tertiary alicyclic amines) is 1. The Morgan fingerprint density at radius 1 is 0.956 bits per heavy atom. The molecule has 13 nitrogen and oxygen atoms in total. The molecule has 0 aliphatic carbocycles. The summed E-state index contributed by atoms with van der Waals surface area (Å²) in [5.74, 6) is -3.22. The minimum Gasteiger partial charge on any atom is -0.491 e. The Kier molecular flexibility index (Phi) is 14.1. The van der Waals surface area contributed by atoms with Crippen LogP contribution in [0.15, 0.2) is 24.3 Å². The molecule has 0 radical (unpaired) electrons. The van der Waals surface area contributed by atoms with E-state index in [-0.39, 0.29) is 23.8 Å². The van der Waals surface area contributed by atoms with Gasteiger partial charge in [-0.1, -0.05) is 38.8 Å². The molecule has 45 heavy (non-hydrogen) atoms. The van der Waals surface area contributed by atoms with Crippen molar-refractivity contribution in [1.29, 1.82) is 0 Å². The van der Waals surface area contributed by atoms with Crippen molar-refractivity contribution in [3.8, 4) is 5.75 Å². The molecular formula is C32H50N6O7. The lowest BCUT2D eigenvalue weighted by atomic mass is 10.0. The SMILES string of the molecule is CC(C)[C@H]1NC(=O)[C@H]([C@@H](C)O)NC(=O)C[C@@H](C(=O)NCCCN2CCCCCC2)NC(=O)c2ccccc2OC[C@H](C)NC1=O. The number of hydrogen-bond donors (Lipinski definition) is 6. The monoisotopic (exact) mass is 630 g/mol. The molecular weight excluding hydrogens is 580 g/mol. The first kappa shape index (κ1) is 35.8. The number of aliphatic hydroxyl groups is 1. The van der Waals surface area contributed by atoms with Gasteiger partial charge in [0.1, 0.15) is 30.5 Å². The van der Waals surface area contributed by atoms with Crippen LogP contribution in [-0.4, -0.2) is 103 Å². The van der Waals surface area contributed by atoms with Gasteiger partial charge in [0.2, 0.25) is 23.6 Å². The van der Waals surface area contributed by atoms with Crippen LogP contribution >= 0.6 is 0 Å². The Hall–Kier alpha value is -3.71. The highest BCUT2D eigenvalue weighted by Gasteiger charge is 2.33. The van der Waals surface area contributed by atoms with Crippen molar-refractivity contribution in [3.05, 3.63) is 29.8 Å². The first-order valence-corrected chi connectivity index (χ1v) is 16.1. The summed E-state index contributed by atoms with van der Waals surface area (Å²) in [7, 11) is 0. The van der Waals surface area contributed by atoms with Gasteiger partial charge >= 0.3 is 0 Å². The van der Waals surface area contributed by atoms with Crippen LogP contribution in [0.1, 0.15) is 76.6 Å². The van der Waals surface area contributed by atoms with Gasteiger partial charge in [-0.3, -0.25) is 24.0 Å². The second-order valence-corrected chi connectivity index (χ2v) is 12.4. The molecule has 0 bridgehead atoms. The molecule has 0 saturated carbocycles. The van der Waals surface area contributed by atoms with E-state index in [1.165, 1.54) is 19.8 Å². The number of amides is 5. The predicted molar refractivity (Wildman–Crippen MR) is 168 cm³/mol. The second kappa shape index (κ2) is 17.7. The Balaban J connectivity index is 1.82. The van der Waals surface area contributed by atoms with E-state index in [1.807, 2.05) is 0 Å². The summed E-state index contributed by atoms with van der Waals surface area (Å²) < 4.78 is 5.89. The van der Waals surface area contributed by atoms with Crippen molar-refractivity contribution >= 4 is 29.5 Å². The first-order valence-electron chi connectivity index (χ1n) is 16.1. The minimum atomic E-state index is -1.41. The Morgan fingerprint density at radius 2 is 1.62 bits per heavy atom. The van der Waals surface area contributed by atoms with Crippen molar-refractivity contribution in [2.75, 3.05) is 32.8 Å². The number of nitrogens with zero attached hydrogens (tertiary/aromatic N) is 1. The van der Waals surface area contributed by atoms with Gasteiger partial charge in [-0.2, -0.15) is 0 Å². The number of rotatable bonds is 7.